The van der Waals surface area contributed by atoms with Gasteiger partial charge in [0.1, 0.15) is 27.8 Å². The van der Waals surface area contributed by atoms with Crippen LogP contribution in [0.2, 0.25) is 0 Å². The zero-order valence-electron chi connectivity index (χ0n) is 20.7. The third-order valence-electron chi connectivity index (χ3n) is 6.77. The van der Waals surface area contributed by atoms with Crippen LogP contribution in [0.15, 0.2) is 17.5 Å². The van der Waals surface area contributed by atoms with Gasteiger partial charge in [0.2, 0.25) is 0 Å². The van der Waals surface area contributed by atoms with Crippen molar-refractivity contribution in [2.45, 2.75) is 25.7 Å². The van der Waals surface area contributed by atoms with Gasteiger partial charge in [0.25, 0.3) is 5.88 Å². The number of hydrogen-bond donors (Lipinski definition) is 0. The Morgan fingerprint density at radius 3 is 2.11 bits per heavy atom. The average Bonchev–Trinajstić information content (AvgIpc) is 3.49. The van der Waals surface area contributed by atoms with E-state index in [1.54, 1.807) is 39.8 Å². The van der Waals surface area contributed by atoms with Crippen LogP contribution >= 0.6 is 23.7 Å². The molecule has 2 aromatic heterocycles. The molecule has 0 amide bonds. The van der Waals surface area contributed by atoms with Crippen molar-refractivity contribution in [3.63, 3.8) is 0 Å². The first-order chi connectivity index (χ1) is 16.7. The van der Waals surface area contributed by atoms with Gasteiger partial charge in [0.15, 0.2) is 0 Å². The maximum Gasteiger partial charge on any atom is 0.258 e. The summed E-state index contributed by atoms with van der Waals surface area (Å²) < 4.78 is 30.3. The number of aromatic nitrogens is 2. The number of fused-ring (bicyclic) bond motifs is 1. The fourth-order valence-corrected chi connectivity index (χ4v) is 5.75. The minimum absolute atomic E-state index is 0. The van der Waals surface area contributed by atoms with Gasteiger partial charge in [-0.2, -0.15) is 0 Å². The van der Waals surface area contributed by atoms with Crippen molar-refractivity contribution in [1.82, 2.24) is 9.61 Å². The normalized spacial score (nSPS) is 16.1. The Bertz CT molecular complexity index is 1110. The number of rotatable bonds is 10. The van der Waals surface area contributed by atoms with E-state index in [1.807, 2.05) is 16.6 Å². The van der Waals surface area contributed by atoms with Gasteiger partial charge in [0.05, 0.1) is 39.7 Å². The smallest absolute Gasteiger partial charge is 0.258 e. The number of benzene rings is 1. The second-order valence-corrected chi connectivity index (χ2v) is 9.86. The topological polar surface area (TPSA) is 66.7 Å². The zero-order chi connectivity index (χ0) is 23.7. The summed E-state index contributed by atoms with van der Waals surface area (Å²) in [6.07, 6.45) is 4.80. The molecule has 3 aromatic rings. The highest BCUT2D eigenvalue weighted by Crippen LogP contribution is 2.46. The number of hydrogen-bond acceptors (Lipinski definition) is 8. The molecule has 1 aliphatic carbocycles. The Morgan fingerprint density at radius 1 is 0.943 bits per heavy atom. The minimum Gasteiger partial charge on any atom is -0.496 e. The van der Waals surface area contributed by atoms with Crippen molar-refractivity contribution in [3.8, 4) is 34.4 Å². The Labute approximate surface area is 216 Å². The number of thiazole rings is 1. The van der Waals surface area contributed by atoms with E-state index in [9.17, 15) is 0 Å². The van der Waals surface area contributed by atoms with Gasteiger partial charge in [-0.1, -0.05) is 0 Å². The highest BCUT2D eigenvalue weighted by Gasteiger charge is 2.32. The number of methoxy groups -OCH3 is 4. The van der Waals surface area contributed by atoms with E-state index in [2.05, 4.69) is 10.3 Å². The molecule has 2 aliphatic rings. The summed E-state index contributed by atoms with van der Waals surface area (Å²) in [4.78, 5) is 3.58. The minimum atomic E-state index is 0. The van der Waals surface area contributed by atoms with Crippen LogP contribution in [-0.2, 0) is 4.74 Å². The van der Waals surface area contributed by atoms with E-state index in [0.29, 0.717) is 29.0 Å². The quantitative estimate of drug-likeness (QED) is 0.363. The molecule has 1 saturated heterocycles. The molecule has 0 atom stereocenters. The molecule has 1 aromatic carbocycles. The van der Waals surface area contributed by atoms with Crippen LogP contribution in [0.4, 0.5) is 5.69 Å². The van der Waals surface area contributed by atoms with Crippen molar-refractivity contribution in [2.24, 2.45) is 11.8 Å². The van der Waals surface area contributed by atoms with E-state index in [0.717, 1.165) is 66.8 Å². The largest absolute Gasteiger partial charge is 0.496 e. The first-order valence-electron chi connectivity index (χ1n) is 11.8. The van der Waals surface area contributed by atoms with Crippen LogP contribution in [0.3, 0.4) is 0 Å². The summed E-state index contributed by atoms with van der Waals surface area (Å²) in [5, 5.41) is 7.01. The molecule has 8 nitrogen and oxygen atoms in total. The molecule has 5 rings (SSSR count). The van der Waals surface area contributed by atoms with E-state index < -0.39 is 0 Å². The van der Waals surface area contributed by atoms with Crippen LogP contribution in [0.1, 0.15) is 25.7 Å². The first kappa shape index (κ1) is 25.7. The number of halogens is 1. The van der Waals surface area contributed by atoms with Gasteiger partial charge in [-0.15, -0.1) is 28.8 Å². The van der Waals surface area contributed by atoms with Gasteiger partial charge in [-0.05, 0) is 37.5 Å². The Hall–Kier alpha value is -2.36. The van der Waals surface area contributed by atoms with Crippen LogP contribution < -0.4 is 23.8 Å². The van der Waals surface area contributed by atoms with E-state index in [-0.39, 0.29) is 12.4 Å². The lowest BCUT2D eigenvalue weighted by molar-refractivity contribution is 0.0681. The summed E-state index contributed by atoms with van der Waals surface area (Å²) in [6, 6.07) is 3.74. The molecule has 0 radical (unpaired) electrons. The molecule has 0 N–H and O–H groups in total. The van der Waals surface area contributed by atoms with Crippen molar-refractivity contribution in [2.75, 3.05) is 59.6 Å². The van der Waals surface area contributed by atoms with Gasteiger partial charge in [-0.3, -0.25) is 0 Å². The van der Waals surface area contributed by atoms with Gasteiger partial charge in [-0.25, -0.2) is 4.52 Å². The molecule has 0 unspecified atom stereocenters. The van der Waals surface area contributed by atoms with Crippen molar-refractivity contribution < 1.29 is 23.7 Å². The fraction of sp³-hybridized carbons (Fsp3) is 0.560. The second kappa shape index (κ2) is 11.1. The molecule has 3 heterocycles. The summed E-state index contributed by atoms with van der Waals surface area (Å²) >= 11 is 1.67. The van der Waals surface area contributed by atoms with E-state index in [4.69, 9.17) is 28.8 Å². The highest BCUT2D eigenvalue weighted by molar-refractivity contribution is 7.16. The van der Waals surface area contributed by atoms with Crippen LogP contribution in [0, 0.1) is 11.8 Å². The van der Waals surface area contributed by atoms with Crippen LogP contribution in [0.25, 0.3) is 16.1 Å². The molecule has 1 aliphatic heterocycles. The standard InChI is InChI=1S/C25H33N3O5S.ClH/c1-29-18-11-20(30-2)22(21(12-18)31-3)19-15-34-25-23(24(32-4)26-28(19)25)27(13-16-5-6-16)14-17-7-9-33-10-8-17;/h11-12,15-17H,5-10,13-14H2,1-4H3;1H. The van der Waals surface area contributed by atoms with E-state index in [1.165, 1.54) is 12.8 Å². The number of anilines is 1. The summed E-state index contributed by atoms with van der Waals surface area (Å²) in [5.41, 5.74) is 2.83. The predicted octanol–water partition coefficient (Wildman–Crippen LogP) is 5.16. The zero-order valence-corrected chi connectivity index (χ0v) is 22.4. The van der Waals surface area contributed by atoms with Gasteiger partial charge in [0, 0.05) is 43.8 Å². The first-order valence-corrected chi connectivity index (χ1v) is 12.7. The predicted molar refractivity (Wildman–Crippen MR) is 140 cm³/mol. The molecule has 1 saturated carbocycles. The van der Waals surface area contributed by atoms with Crippen LogP contribution in [-0.4, -0.2) is 64.4 Å². The molecule has 192 valence electrons. The second-order valence-electron chi connectivity index (χ2n) is 9.01. The Morgan fingerprint density at radius 2 is 1.57 bits per heavy atom. The molecule has 0 spiro atoms. The van der Waals surface area contributed by atoms with Gasteiger partial charge < -0.3 is 28.6 Å². The van der Waals surface area contributed by atoms with E-state index >= 15 is 0 Å². The molecule has 2 fully saturated rings. The van der Waals surface area contributed by atoms with Crippen LogP contribution in [0.5, 0.6) is 23.1 Å². The lowest BCUT2D eigenvalue weighted by atomic mass is 9.99. The van der Waals surface area contributed by atoms with Crippen molar-refractivity contribution >= 4 is 34.3 Å². The lowest BCUT2D eigenvalue weighted by Crippen LogP contribution is -2.34. The summed E-state index contributed by atoms with van der Waals surface area (Å²) in [5.74, 6) is 4.05. The molecular formula is C25H34ClN3O5S. The monoisotopic (exact) mass is 523 g/mol. The van der Waals surface area contributed by atoms with Crippen molar-refractivity contribution in [1.29, 1.82) is 0 Å². The third kappa shape index (κ3) is 5.13. The van der Waals surface area contributed by atoms with Gasteiger partial charge >= 0.3 is 0 Å². The molecule has 0 bridgehead atoms. The summed E-state index contributed by atoms with van der Waals surface area (Å²) in [7, 11) is 6.64. The molecule has 35 heavy (non-hydrogen) atoms. The number of ether oxygens (including phenoxy) is 5. The maximum atomic E-state index is 5.83. The maximum absolute atomic E-state index is 5.83. The lowest BCUT2D eigenvalue weighted by Gasteiger charge is -2.31. The number of nitrogens with zero attached hydrogens (tertiary/aromatic N) is 3. The highest BCUT2D eigenvalue weighted by atomic mass is 35.5. The average molecular weight is 524 g/mol. The fourth-order valence-electron chi connectivity index (χ4n) is 4.75. The Kier molecular flexibility index (Phi) is 8.19. The summed E-state index contributed by atoms with van der Waals surface area (Å²) in [6.45, 7) is 3.74. The molecular weight excluding hydrogens is 490 g/mol. The SMILES string of the molecule is COc1cc(OC)c(-c2csc3c(N(CC4CCOCC4)CC4CC4)c(OC)nn23)c(OC)c1.Cl. The third-order valence-corrected chi connectivity index (χ3v) is 7.71. The Balaban J connectivity index is 0.00000289. The van der Waals surface area contributed by atoms with Crippen molar-refractivity contribution in [3.05, 3.63) is 17.5 Å². The molecule has 10 heteroatoms.